The second-order valence-electron chi connectivity index (χ2n) is 4.42. The highest BCUT2D eigenvalue weighted by atomic mass is 35.5. The number of halogens is 1. The van der Waals surface area contributed by atoms with E-state index in [1.54, 1.807) is 6.07 Å². The molecule has 0 N–H and O–H groups in total. The Balaban J connectivity index is 2.08. The molecule has 4 heteroatoms. The lowest BCUT2D eigenvalue weighted by Gasteiger charge is -2.33. The van der Waals surface area contributed by atoms with Gasteiger partial charge in [-0.25, -0.2) is 0 Å². The normalized spacial score (nSPS) is 16.6. The molecule has 0 unspecified atom stereocenters. The van der Waals surface area contributed by atoms with Crippen molar-refractivity contribution in [3.05, 3.63) is 28.8 Å². The van der Waals surface area contributed by atoms with Crippen LogP contribution in [0.3, 0.4) is 0 Å². The number of ether oxygens (including phenoxy) is 1. The summed E-state index contributed by atoms with van der Waals surface area (Å²) in [5.41, 5.74) is 1.63. The summed E-state index contributed by atoms with van der Waals surface area (Å²) in [5.74, 6) is 0. The summed E-state index contributed by atoms with van der Waals surface area (Å²) >= 11 is 5.91. The number of rotatable bonds is 3. The van der Waals surface area contributed by atoms with Crippen LogP contribution < -0.4 is 4.90 Å². The molecule has 1 fully saturated rings. The van der Waals surface area contributed by atoms with E-state index < -0.39 is 0 Å². The summed E-state index contributed by atoms with van der Waals surface area (Å²) in [6.45, 7) is 4.66. The average molecular weight is 265 g/mol. The second kappa shape index (κ2) is 6.08. The van der Waals surface area contributed by atoms with E-state index in [0.29, 0.717) is 16.7 Å². The molecule has 96 valence electrons. The Kier molecular flexibility index (Phi) is 4.46. The van der Waals surface area contributed by atoms with Gasteiger partial charge in [-0.15, -0.1) is 0 Å². The zero-order valence-corrected chi connectivity index (χ0v) is 11.3. The van der Waals surface area contributed by atoms with Gasteiger partial charge in [0.05, 0.1) is 17.4 Å². The van der Waals surface area contributed by atoms with Crippen molar-refractivity contribution < 1.29 is 4.74 Å². The first-order chi connectivity index (χ1) is 8.74. The van der Waals surface area contributed by atoms with Crippen molar-refractivity contribution in [2.75, 3.05) is 24.6 Å². The molecule has 2 rings (SSSR count). The molecule has 1 saturated heterocycles. The Morgan fingerprint density at radius 3 is 2.78 bits per heavy atom. The lowest BCUT2D eigenvalue weighted by atomic mass is 10.1. The van der Waals surface area contributed by atoms with Gasteiger partial charge in [-0.1, -0.05) is 11.6 Å². The standard InChI is InChI=1S/C14H17ClN2O/c1-2-18-13-5-7-17(8-6-13)14-4-3-12(15)9-11(14)10-16/h3-4,9,13H,2,5-8H2,1H3. The number of hydrogen-bond acceptors (Lipinski definition) is 3. The zero-order chi connectivity index (χ0) is 13.0. The van der Waals surface area contributed by atoms with Gasteiger partial charge in [-0.2, -0.15) is 5.26 Å². The van der Waals surface area contributed by atoms with Crippen molar-refractivity contribution in [2.24, 2.45) is 0 Å². The number of piperidine rings is 1. The van der Waals surface area contributed by atoms with Gasteiger partial charge in [0.2, 0.25) is 0 Å². The summed E-state index contributed by atoms with van der Waals surface area (Å²) in [6, 6.07) is 7.71. The van der Waals surface area contributed by atoms with Crippen molar-refractivity contribution in [2.45, 2.75) is 25.9 Å². The quantitative estimate of drug-likeness (QED) is 0.841. The van der Waals surface area contributed by atoms with E-state index >= 15 is 0 Å². The third-order valence-corrected chi connectivity index (χ3v) is 3.50. The second-order valence-corrected chi connectivity index (χ2v) is 4.85. The molecule has 1 aliphatic heterocycles. The largest absolute Gasteiger partial charge is 0.378 e. The van der Waals surface area contributed by atoms with Crippen LogP contribution in [-0.4, -0.2) is 25.8 Å². The maximum atomic E-state index is 9.15. The van der Waals surface area contributed by atoms with Gasteiger partial charge < -0.3 is 9.64 Å². The van der Waals surface area contributed by atoms with E-state index in [-0.39, 0.29) is 0 Å². The predicted octanol–water partition coefficient (Wildman–Crippen LogP) is 3.22. The maximum absolute atomic E-state index is 9.15. The topological polar surface area (TPSA) is 36.3 Å². The molecule has 18 heavy (non-hydrogen) atoms. The van der Waals surface area contributed by atoms with Crippen molar-refractivity contribution in [1.82, 2.24) is 0 Å². The van der Waals surface area contributed by atoms with Crippen molar-refractivity contribution in [3.63, 3.8) is 0 Å². The Morgan fingerprint density at radius 2 is 2.17 bits per heavy atom. The molecule has 1 aromatic rings. The summed E-state index contributed by atoms with van der Waals surface area (Å²) in [6.07, 6.45) is 2.40. The lowest BCUT2D eigenvalue weighted by Crippen LogP contribution is -2.37. The van der Waals surface area contributed by atoms with Crippen LogP contribution >= 0.6 is 11.6 Å². The number of anilines is 1. The van der Waals surface area contributed by atoms with Crippen molar-refractivity contribution in [3.8, 4) is 6.07 Å². The molecule has 0 aliphatic carbocycles. The predicted molar refractivity (Wildman–Crippen MR) is 73.0 cm³/mol. The van der Waals surface area contributed by atoms with Gasteiger partial charge in [0, 0.05) is 24.7 Å². The lowest BCUT2D eigenvalue weighted by molar-refractivity contribution is 0.0459. The van der Waals surface area contributed by atoms with Crippen LogP contribution in [0.15, 0.2) is 18.2 Å². The molecule has 3 nitrogen and oxygen atoms in total. The minimum atomic E-state index is 0.365. The molecule has 1 aromatic carbocycles. The van der Waals surface area contributed by atoms with Gasteiger partial charge in [0.15, 0.2) is 0 Å². The van der Waals surface area contributed by atoms with Gasteiger partial charge in [0.25, 0.3) is 0 Å². The van der Waals surface area contributed by atoms with Crippen LogP contribution in [0, 0.1) is 11.3 Å². The summed E-state index contributed by atoms with van der Waals surface area (Å²) in [5, 5.41) is 9.76. The monoisotopic (exact) mass is 264 g/mol. The van der Waals surface area contributed by atoms with E-state index in [2.05, 4.69) is 11.0 Å². The Hall–Kier alpha value is -1.24. The fourth-order valence-electron chi connectivity index (χ4n) is 2.37. The molecule has 0 spiro atoms. The van der Waals surface area contributed by atoms with Crippen LogP contribution in [0.25, 0.3) is 0 Å². The molecule has 1 aliphatic rings. The third-order valence-electron chi connectivity index (χ3n) is 3.26. The molecule has 0 radical (unpaired) electrons. The molecule has 0 amide bonds. The fraction of sp³-hybridized carbons (Fsp3) is 0.500. The van der Waals surface area contributed by atoms with Crippen LogP contribution in [0.4, 0.5) is 5.69 Å². The van der Waals surface area contributed by atoms with Crippen LogP contribution in [0.5, 0.6) is 0 Å². The SMILES string of the molecule is CCOC1CCN(c2ccc(Cl)cc2C#N)CC1. The summed E-state index contributed by atoms with van der Waals surface area (Å²) in [7, 11) is 0. The van der Waals surface area contributed by atoms with Gasteiger partial charge in [-0.05, 0) is 38.0 Å². The molecular formula is C14H17ClN2O. The van der Waals surface area contributed by atoms with Crippen molar-refractivity contribution >= 4 is 17.3 Å². The van der Waals surface area contributed by atoms with Gasteiger partial charge >= 0.3 is 0 Å². The Bertz CT molecular complexity index is 448. The average Bonchev–Trinajstić information content (AvgIpc) is 2.40. The molecule has 0 atom stereocenters. The van der Waals surface area contributed by atoms with E-state index in [9.17, 15) is 0 Å². The Morgan fingerprint density at radius 1 is 1.44 bits per heavy atom. The molecule has 0 aromatic heterocycles. The highest BCUT2D eigenvalue weighted by Gasteiger charge is 2.21. The fourth-order valence-corrected chi connectivity index (χ4v) is 2.54. The highest BCUT2D eigenvalue weighted by Crippen LogP contribution is 2.27. The maximum Gasteiger partial charge on any atom is 0.101 e. The molecule has 0 saturated carbocycles. The molecule has 0 bridgehead atoms. The van der Waals surface area contributed by atoms with E-state index in [0.717, 1.165) is 38.2 Å². The first-order valence-electron chi connectivity index (χ1n) is 6.30. The van der Waals surface area contributed by atoms with Crippen LogP contribution in [0.1, 0.15) is 25.3 Å². The third kappa shape index (κ3) is 2.95. The highest BCUT2D eigenvalue weighted by molar-refractivity contribution is 6.30. The van der Waals surface area contributed by atoms with Crippen molar-refractivity contribution in [1.29, 1.82) is 5.26 Å². The Labute approximate surface area is 113 Å². The van der Waals surface area contributed by atoms with E-state index in [4.69, 9.17) is 21.6 Å². The zero-order valence-electron chi connectivity index (χ0n) is 10.5. The molecular weight excluding hydrogens is 248 g/mol. The van der Waals surface area contributed by atoms with Gasteiger partial charge in [-0.3, -0.25) is 0 Å². The first-order valence-corrected chi connectivity index (χ1v) is 6.68. The number of nitrogens with zero attached hydrogens (tertiary/aromatic N) is 2. The van der Waals surface area contributed by atoms with Crippen LogP contribution in [0.2, 0.25) is 5.02 Å². The van der Waals surface area contributed by atoms with Crippen LogP contribution in [-0.2, 0) is 4.74 Å². The summed E-state index contributed by atoms with van der Waals surface area (Å²) in [4.78, 5) is 2.24. The number of benzene rings is 1. The molecule has 1 heterocycles. The van der Waals surface area contributed by atoms with E-state index in [1.165, 1.54) is 0 Å². The van der Waals surface area contributed by atoms with E-state index in [1.807, 2.05) is 19.1 Å². The van der Waals surface area contributed by atoms with Gasteiger partial charge in [0.1, 0.15) is 6.07 Å². The minimum Gasteiger partial charge on any atom is -0.378 e. The first kappa shape index (κ1) is 13.2. The summed E-state index contributed by atoms with van der Waals surface area (Å²) < 4.78 is 5.63. The minimum absolute atomic E-state index is 0.365. The number of hydrogen-bond donors (Lipinski definition) is 0. The smallest absolute Gasteiger partial charge is 0.101 e. The number of nitriles is 1.